The molecule has 0 bridgehead atoms. The molecule has 3 aromatic heterocycles. The second-order valence-corrected chi connectivity index (χ2v) is 6.24. The Morgan fingerprint density at radius 2 is 2.29 bits per heavy atom. The molecule has 1 N–H and O–H groups in total. The van der Waals surface area contributed by atoms with Crippen LogP contribution in [0.4, 0.5) is 5.00 Å². The van der Waals surface area contributed by atoms with Crippen LogP contribution in [0.3, 0.4) is 0 Å². The van der Waals surface area contributed by atoms with Crippen LogP contribution in [-0.2, 0) is 11.8 Å². The summed E-state index contributed by atoms with van der Waals surface area (Å²) in [4.78, 5) is 16.5. The molecule has 0 spiro atoms. The molecule has 0 aliphatic heterocycles. The van der Waals surface area contributed by atoms with Crippen molar-refractivity contribution in [3.8, 4) is 11.9 Å². The summed E-state index contributed by atoms with van der Waals surface area (Å²) >= 11 is 1.30. The Balaban J connectivity index is 1.77. The normalized spacial score (nSPS) is 10.6. The van der Waals surface area contributed by atoms with E-state index in [2.05, 4.69) is 15.4 Å². The highest BCUT2D eigenvalue weighted by Gasteiger charge is 2.16. The van der Waals surface area contributed by atoms with Gasteiger partial charge in [0.15, 0.2) is 12.3 Å². The van der Waals surface area contributed by atoms with Gasteiger partial charge in [-0.3, -0.25) is 4.79 Å². The minimum Gasteiger partial charge on any atom is -0.466 e. The number of hydrogen-bond acceptors (Lipinski definition) is 6. The molecular formula is C16H15N5O2S. The highest BCUT2D eigenvalue weighted by atomic mass is 32.1. The molecule has 7 nitrogen and oxygen atoms in total. The quantitative estimate of drug-likeness (QED) is 0.787. The Morgan fingerprint density at radius 1 is 1.50 bits per heavy atom. The zero-order valence-electron chi connectivity index (χ0n) is 13.5. The van der Waals surface area contributed by atoms with E-state index >= 15 is 0 Å². The maximum atomic E-state index is 12.0. The predicted octanol–water partition coefficient (Wildman–Crippen LogP) is 2.54. The van der Waals surface area contributed by atoms with Crippen molar-refractivity contribution in [3.05, 3.63) is 34.3 Å². The van der Waals surface area contributed by atoms with Crippen LogP contribution in [0.25, 0.3) is 11.0 Å². The summed E-state index contributed by atoms with van der Waals surface area (Å²) in [6.45, 7) is 3.68. The zero-order chi connectivity index (χ0) is 17.3. The van der Waals surface area contributed by atoms with Gasteiger partial charge in [-0.2, -0.15) is 5.26 Å². The molecule has 0 aromatic carbocycles. The largest absolute Gasteiger partial charge is 0.466 e. The van der Waals surface area contributed by atoms with E-state index in [0.717, 1.165) is 16.6 Å². The number of aryl methyl sites for hydroxylation is 3. The van der Waals surface area contributed by atoms with Crippen LogP contribution < -0.4 is 10.1 Å². The second kappa shape index (κ2) is 6.29. The summed E-state index contributed by atoms with van der Waals surface area (Å²) in [5, 5.41) is 19.0. The molecule has 3 aromatic rings. The lowest BCUT2D eigenvalue weighted by molar-refractivity contribution is -0.118. The molecule has 1 amide bonds. The fourth-order valence-corrected chi connectivity index (χ4v) is 3.19. The van der Waals surface area contributed by atoms with Gasteiger partial charge < -0.3 is 10.1 Å². The summed E-state index contributed by atoms with van der Waals surface area (Å²) in [6.07, 6.45) is 0. The summed E-state index contributed by atoms with van der Waals surface area (Å²) in [6, 6.07) is 5.63. The smallest absolute Gasteiger partial charge is 0.263 e. The van der Waals surface area contributed by atoms with Crippen molar-refractivity contribution in [2.45, 2.75) is 13.8 Å². The van der Waals surface area contributed by atoms with E-state index in [9.17, 15) is 4.79 Å². The van der Waals surface area contributed by atoms with Crippen LogP contribution in [0.15, 0.2) is 17.5 Å². The first-order valence-corrected chi connectivity index (χ1v) is 8.08. The molecule has 0 saturated carbocycles. The molecule has 0 radical (unpaired) electrons. The lowest BCUT2D eigenvalue weighted by atomic mass is 10.2. The Labute approximate surface area is 142 Å². The van der Waals surface area contributed by atoms with E-state index in [1.165, 1.54) is 11.3 Å². The molecule has 0 aliphatic rings. The van der Waals surface area contributed by atoms with Gasteiger partial charge in [0, 0.05) is 12.7 Å². The number of hydrogen-bond donors (Lipinski definition) is 1. The average molecular weight is 341 g/mol. The standard InChI is InChI=1S/C16H15N5O2S/c1-9-6-10(2)18-14-13(9)15(20-21(14)3)23-8-12(22)19-16-11(7-17)4-5-24-16/h4-6H,8H2,1-3H3,(H,19,22). The Bertz CT molecular complexity index is 967. The highest BCUT2D eigenvalue weighted by molar-refractivity contribution is 7.14. The molecule has 3 rings (SSSR count). The number of rotatable bonds is 4. The number of fused-ring (bicyclic) bond motifs is 1. The topological polar surface area (TPSA) is 92.8 Å². The van der Waals surface area contributed by atoms with Gasteiger partial charge in [-0.1, -0.05) is 0 Å². The maximum absolute atomic E-state index is 12.0. The Kier molecular flexibility index (Phi) is 4.18. The lowest BCUT2D eigenvalue weighted by Gasteiger charge is -2.05. The van der Waals surface area contributed by atoms with Gasteiger partial charge in [-0.05, 0) is 36.9 Å². The number of amides is 1. The molecule has 0 fully saturated rings. The van der Waals surface area contributed by atoms with Crippen molar-refractivity contribution < 1.29 is 9.53 Å². The predicted molar refractivity (Wildman–Crippen MR) is 91.1 cm³/mol. The van der Waals surface area contributed by atoms with Gasteiger partial charge in [0.05, 0.1) is 10.9 Å². The van der Waals surface area contributed by atoms with E-state index in [4.69, 9.17) is 10.00 Å². The first kappa shape index (κ1) is 16.0. The molecular weight excluding hydrogens is 326 g/mol. The fourth-order valence-electron chi connectivity index (χ4n) is 2.44. The Morgan fingerprint density at radius 3 is 3.04 bits per heavy atom. The number of anilines is 1. The van der Waals surface area contributed by atoms with Crippen molar-refractivity contribution in [1.82, 2.24) is 14.8 Å². The molecule has 8 heteroatoms. The summed E-state index contributed by atoms with van der Waals surface area (Å²) < 4.78 is 7.22. The van der Waals surface area contributed by atoms with Crippen molar-refractivity contribution >= 4 is 33.3 Å². The number of aromatic nitrogens is 3. The van der Waals surface area contributed by atoms with Crippen LogP contribution in [0.5, 0.6) is 5.88 Å². The Hall–Kier alpha value is -2.92. The molecule has 3 heterocycles. The van der Waals surface area contributed by atoms with Gasteiger partial charge in [0.2, 0.25) is 5.88 Å². The average Bonchev–Trinajstić information content (AvgIpc) is 3.10. The van der Waals surface area contributed by atoms with Crippen molar-refractivity contribution in [1.29, 1.82) is 5.26 Å². The molecule has 0 atom stereocenters. The maximum Gasteiger partial charge on any atom is 0.263 e. The van der Waals surface area contributed by atoms with E-state index in [1.54, 1.807) is 23.2 Å². The lowest BCUT2D eigenvalue weighted by Crippen LogP contribution is -2.20. The summed E-state index contributed by atoms with van der Waals surface area (Å²) in [7, 11) is 1.78. The van der Waals surface area contributed by atoms with Crippen LogP contribution in [0, 0.1) is 25.2 Å². The monoisotopic (exact) mass is 341 g/mol. The first-order chi connectivity index (χ1) is 11.5. The third kappa shape index (κ3) is 2.94. The zero-order valence-corrected chi connectivity index (χ0v) is 14.3. The molecule has 0 unspecified atom stereocenters. The minimum absolute atomic E-state index is 0.192. The fraction of sp³-hybridized carbons (Fsp3) is 0.250. The van der Waals surface area contributed by atoms with E-state index < -0.39 is 0 Å². The van der Waals surface area contributed by atoms with Crippen molar-refractivity contribution in [2.75, 3.05) is 11.9 Å². The van der Waals surface area contributed by atoms with E-state index in [0.29, 0.717) is 22.1 Å². The van der Waals surface area contributed by atoms with Crippen molar-refractivity contribution in [2.24, 2.45) is 7.05 Å². The van der Waals surface area contributed by atoms with Gasteiger partial charge >= 0.3 is 0 Å². The number of ether oxygens (including phenoxy) is 1. The third-order valence-corrected chi connectivity index (χ3v) is 4.30. The van der Waals surface area contributed by atoms with Gasteiger partial charge in [-0.15, -0.1) is 16.4 Å². The van der Waals surface area contributed by atoms with E-state index in [1.807, 2.05) is 26.0 Å². The first-order valence-electron chi connectivity index (χ1n) is 7.20. The van der Waals surface area contributed by atoms with Crippen LogP contribution in [0.2, 0.25) is 0 Å². The second-order valence-electron chi connectivity index (χ2n) is 5.32. The number of carbonyl (C=O) groups excluding carboxylic acids is 1. The van der Waals surface area contributed by atoms with Crippen molar-refractivity contribution in [3.63, 3.8) is 0 Å². The number of carbonyl (C=O) groups is 1. The third-order valence-electron chi connectivity index (χ3n) is 3.47. The number of thiophene rings is 1. The number of pyridine rings is 1. The van der Waals surface area contributed by atoms with Gasteiger partial charge in [0.1, 0.15) is 11.1 Å². The number of nitrogens with one attached hydrogen (secondary N) is 1. The number of nitriles is 1. The summed E-state index contributed by atoms with van der Waals surface area (Å²) in [5.74, 6) is 0.0322. The van der Waals surface area contributed by atoms with Gasteiger partial charge in [-0.25, -0.2) is 9.67 Å². The van der Waals surface area contributed by atoms with Gasteiger partial charge in [0.25, 0.3) is 5.91 Å². The van der Waals surface area contributed by atoms with Crippen LogP contribution in [-0.4, -0.2) is 27.3 Å². The number of nitrogens with zero attached hydrogens (tertiary/aromatic N) is 4. The summed E-state index contributed by atoms with van der Waals surface area (Å²) in [5.41, 5.74) is 3.04. The minimum atomic E-state index is -0.342. The molecule has 0 aliphatic carbocycles. The molecule has 0 saturated heterocycles. The van der Waals surface area contributed by atoms with E-state index in [-0.39, 0.29) is 12.5 Å². The molecule has 24 heavy (non-hydrogen) atoms. The SMILES string of the molecule is Cc1cc(C)c2c(OCC(=O)Nc3sccc3C#N)nn(C)c2n1. The van der Waals surface area contributed by atoms with Crippen LogP contribution in [0.1, 0.15) is 16.8 Å². The molecule has 122 valence electrons. The van der Waals surface area contributed by atoms with Crippen LogP contribution >= 0.6 is 11.3 Å². The highest BCUT2D eigenvalue weighted by Crippen LogP contribution is 2.27.